The number of hydrogen-bond acceptors (Lipinski definition) is 12. The van der Waals surface area contributed by atoms with Gasteiger partial charge in [0.2, 0.25) is 0 Å². The van der Waals surface area contributed by atoms with Crippen molar-refractivity contribution >= 4 is 72.4 Å². The zero-order chi connectivity index (χ0) is 33.7. The zero-order valence-corrected chi connectivity index (χ0v) is 27.9. The molecule has 0 amide bonds. The minimum atomic E-state index is -4.25. The minimum Gasteiger partial charge on any atom is -0.409 e. The molecule has 20 heteroatoms. The van der Waals surface area contributed by atoms with E-state index in [9.17, 15) is 30.3 Å². The largest absolute Gasteiger partial charge is 0.478 e. The van der Waals surface area contributed by atoms with Crippen LogP contribution >= 0.6 is 0 Å². The van der Waals surface area contributed by atoms with Gasteiger partial charge in [-0.15, -0.1) is 0 Å². The lowest BCUT2D eigenvalue weighted by atomic mass is 9.80. The molecule has 0 spiro atoms. The average molecular weight is 665 g/mol. The second-order valence-corrected chi connectivity index (χ2v) is 19.5. The predicted octanol–water partition coefficient (Wildman–Crippen LogP) is 3.50. The Kier molecular flexibility index (Phi) is 8.86. The Morgan fingerprint density at radius 3 is 0.935 bits per heavy atom. The van der Waals surface area contributed by atoms with Gasteiger partial charge in [-0.3, -0.25) is 30.3 Å². The average Bonchev–Trinajstić information content (AvgIpc) is 2.95. The van der Waals surface area contributed by atoms with E-state index in [0.717, 1.165) is 0 Å². The Hall–Kier alpha value is -3.75. The third kappa shape index (κ3) is 6.42. The van der Waals surface area contributed by atoms with E-state index in [1.165, 1.54) is 54.6 Å². The molecular formula is C26H30B3N3O12Si2. The molecule has 0 saturated carbocycles. The van der Waals surface area contributed by atoms with Gasteiger partial charge in [-0.2, -0.15) is 0 Å². The lowest BCUT2D eigenvalue weighted by molar-refractivity contribution is -0.385. The number of nitro groups is 3. The fraction of sp³-hybridized carbons (Fsp3) is 0.308. The topological polar surface area (TPSA) is 185 Å². The van der Waals surface area contributed by atoms with E-state index in [0.29, 0.717) is 0 Å². The van der Waals surface area contributed by atoms with Crippen molar-refractivity contribution < 1.29 is 40.8 Å². The van der Waals surface area contributed by atoms with E-state index >= 15 is 0 Å². The molecule has 15 nitrogen and oxygen atoms in total. The molecule has 3 aromatic carbocycles. The molecule has 0 aromatic heterocycles. The van der Waals surface area contributed by atoms with Gasteiger partial charge < -0.3 is 26.1 Å². The van der Waals surface area contributed by atoms with Crippen LogP contribution in [0.1, 0.15) is 41.5 Å². The molecule has 3 saturated heterocycles. The highest BCUT2D eigenvalue weighted by atomic mass is 28.4. The molecule has 6 rings (SSSR count). The quantitative estimate of drug-likeness (QED) is 0.212. The summed E-state index contributed by atoms with van der Waals surface area (Å²) in [5, 5.41) is 33.1. The van der Waals surface area contributed by atoms with E-state index in [1.54, 1.807) is 59.7 Å². The van der Waals surface area contributed by atoms with Crippen LogP contribution in [0.4, 0.5) is 17.1 Å². The first-order valence-electron chi connectivity index (χ1n) is 14.2. The third-order valence-corrected chi connectivity index (χ3v) is 14.3. The number of nitro benzene ring substituents is 3. The van der Waals surface area contributed by atoms with E-state index in [4.69, 9.17) is 26.1 Å². The van der Waals surface area contributed by atoms with Crippen molar-refractivity contribution in [1.29, 1.82) is 0 Å². The molecule has 0 unspecified atom stereocenters. The van der Waals surface area contributed by atoms with Crippen LogP contribution in [-0.4, -0.2) is 53.7 Å². The number of fused-ring (bicyclic) bond motifs is 6. The number of rotatable bonds is 6. The van der Waals surface area contributed by atoms with E-state index in [-0.39, 0.29) is 33.5 Å². The van der Waals surface area contributed by atoms with Crippen LogP contribution in [0.25, 0.3) is 0 Å². The first-order chi connectivity index (χ1) is 21.4. The first-order valence-corrected chi connectivity index (χ1v) is 17.7. The standard InChI is InChI=1S/C26H30B3N3O12Si2/c1-25(2,3)45-39-27(19-10-7-13-22(16-19)30(33)34)42-46(26(4,5)6,43-28(40-45)20-11-8-14-23(17-20)31(35)36)44-29(41-45)21-12-9-15-24(18-21)32(37)38/h7-18H,1-6H3. The highest BCUT2D eigenvalue weighted by Crippen LogP contribution is 2.48. The molecule has 3 aromatic rings. The van der Waals surface area contributed by atoms with Crippen molar-refractivity contribution in [3.8, 4) is 0 Å². The maximum atomic E-state index is 11.7. The highest BCUT2D eigenvalue weighted by molar-refractivity contribution is 6.95. The Labute approximate surface area is 267 Å². The SMILES string of the molecule is CC(C)(C)[Si]12OB(c3cccc([N+](=O)[O-])c3)O[Si](C(C)(C)C)(OB(c3cccc([N+](=O)[O-])c3)O1)OB(c1cccc([N+](=O)[O-])c1)O2. The smallest absolute Gasteiger partial charge is 0.409 e. The van der Waals surface area contributed by atoms with Crippen LogP contribution in [0.5, 0.6) is 0 Å². The second kappa shape index (κ2) is 12.1. The number of non-ortho nitro benzene ring substituents is 3. The van der Waals surface area contributed by atoms with Crippen molar-refractivity contribution in [2.75, 3.05) is 0 Å². The summed E-state index contributed by atoms with van der Waals surface area (Å²) < 4.78 is 40.6. The van der Waals surface area contributed by atoms with Gasteiger partial charge in [0.1, 0.15) is 0 Å². The summed E-state index contributed by atoms with van der Waals surface area (Å²) in [6, 6.07) is 17.2. The zero-order valence-electron chi connectivity index (χ0n) is 25.9. The first kappa shape index (κ1) is 33.6. The summed E-state index contributed by atoms with van der Waals surface area (Å²) >= 11 is 0. The van der Waals surface area contributed by atoms with Crippen LogP contribution < -0.4 is 16.4 Å². The monoisotopic (exact) mass is 665 g/mol. The van der Waals surface area contributed by atoms with Crippen LogP contribution in [0, 0.1) is 30.3 Å². The molecule has 3 heterocycles. The highest BCUT2D eigenvalue weighted by Gasteiger charge is 2.69. The molecule has 3 aliphatic heterocycles. The van der Waals surface area contributed by atoms with E-state index in [1.807, 2.05) is 0 Å². The Bertz CT molecular complexity index is 1480. The van der Waals surface area contributed by atoms with Crippen LogP contribution in [0.2, 0.25) is 10.1 Å². The Morgan fingerprint density at radius 1 is 0.500 bits per heavy atom. The fourth-order valence-electron chi connectivity index (χ4n) is 4.91. The van der Waals surface area contributed by atoms with Gasteiger partial charge in [-0.05, 0) is 16.4 Å². The summed E-state index contributed by atoms with van der Waals surface area (Å²) in [5.41, 5.74) is 0.211. The van der Waals surface area contributed by atoms with E-state index < -0.39 is 63.8 Å². The molecule has 3 aliphatic rings. The van der Waals surface area contributed by atoms with E-state index in [2.05, 4.69) is 0 Å². The maximum Gasteiger partial charge on any atom is 0.478 e. The lowest BCUT2D eigenvalue weighted by Crippen LogP contribution is -2.77. The number of nitrogens with zero attached hydrogens (tertiary/aromatic N) is 3. The molecule has 46 heavy (non-hydrogen) atoms. The van der Waals surface area contributed by atoms with Crippen LogP contribution in [-0.2, 0) is 26.1 Å². The number of hydrogen-bond donors (Lipinski definition) is 0. The van der Waals surface area contributed by atoms with Crippen molar-refractivity contribution in [3.05, 3.63) is 103 Å². The fourth-order valence-corrected chi connectivity index (χ4v) is 10.4. The third-order valence-electron chi connectivity index (χ3n) is 7.47. The van der Waals surface area contributed by atoms with Crippen molar-refractivity contribution in [2.24, 2.45) is 0 Å². The Balaban J connectivity index is 1.76. The summed E-state index contributed by atoms with van der Waals surface area (Å²) in [6.45, 7) is 10.7. The maximum absolute atomic E-state index is 11.7. The molecular weight excluding hydrogens is 635 g/mol. The van der Waals surface area contributed by atoms with Gasteiger partial charge in [-0.1, -0.05) is 77.9 Å². The summed E-state index contributed by atoms with van der Waals surface area (Å²) in [6.07, 6.45) is 0. The molecule has 0 atom stereocenters. The summed E-state index contributed by atoms with van der Waals surface area (Å²) in [4.78, 5) is 33.5. The van der Waals surface area contributed by atoms with Gasteiger partial charge in [-0.25, -0.2) is 0 Å². The van der Waals surface area contributed by atoms with Gasteiger partial charge >= 0.3 is 39.0 Å². The molecule has 0 radical (unpaired) electrons. The molecule has 238 valence electrons. The number of benzene rings is 3. The van der Waals surface area contributed by atoms with Crippen LogP contribution in [0.15, 0.2) is 72.8 Å². The molecule has 0 N–H and O–H groups in total. The van der Waals surface area contributed by atoms with Crippen LogP contribution in [0.3, 0.4) is 0 Å². The molecule has 0 aliphatic carbocycles. The Morgan fingerprint density at radius 2 is 0.739 bits per heavy atom. The van der Waals surface area contributed by atoms with Gasteiger partial charge in [0, 0.05) is 46.5 Å². The minimum absolute atomic E-state index is 0.206. The van der Waals surface area contributed by atoms with Crippen molar-refractivity contribution in [3.63, 3.8) is 0 Å². The second-order valence-electron chi connectivity index (χ2n) is 12.9. The molecule has 2 bridgehead atoms. The van der Waals surface area contributed by atoms with Gasteiger partial charge in [0.15, 0.2) is 0 Å². The lowest BCUT2D eigenvalue weighted by Gasteiger charge is -2.53. The van der Waals surface area contributed by atoms with Gasteiger partial charge in [0.25, 0.3) is 17.1 Å². The van der Waals surface area contributed by atoms with Crippen molar-refractivity contribution in [1.82, 2.24) is 0 Å². The molecule has 3 fully saturated rings. The van der Waals surface area contributed by atoms with Gasteiger partial charge in [0.05, 0.1) is 14.8 Å². The predicted molar refractivity (Wildman–Crippen MR) is 173 cm³/mol. The normalized spacial score (nSPS) is 22.2. The summed E-state index contributed by atoms with van der Waals surface area (Å²) in [5.74, 6) is 0. The van der Waals surface area contributed by atoms with Crippen molar-refractivity contribution in [2.45, 2.75) is 51.6 Å². The summed E-state index contributed by atoms with van der Waals surface area (Å²) in [7, 11) is -12.5.